The van der Waals surface area contributed by atoms with Crippen LogP contribution in [0, 0.1) is 5.92 Å². The van der Waals surface area contributed by atoms with Gasteiger partial charge in [-0.25, -0.2) is 14.6 Å². The Kier molecular flexibility index (Phi) is 12.5. The first-order valence-electron chi connectivity index (χ1n) is 21.2. The topological polar surface area (TPSA) is 188 Å². The standard InChI is InChI=1S/C47H57N7O8/c1-27(2)40(52-44(58)61-8)42(57)54-20-10-18-47(54,6)43-48-25-36(50-43)32-15-14-28-21-29(12-13-30(28)22-32)31-16-17-33-34(23-31)49-35(24-39(33)55)38-11-9-19-53(38)41(56)37(26-60-7)51-45(59)62-46(3,4)5/h12-17,21-25,27,37-38,40H,9-11,18-20,26H2,1-8H3,(H,48,50)(H,49,55)(H,51,59)(H,52,58). The Morgan fingerprint density at radius 3 is 2.26 bits per heavy atom. The molecule has 2 saturated heterocycles. The van der Waals surface area contributed by atoms with E-state index < -0.39 is 35.4 Å². The molecule has 3 aromatic carbocycles. The number of aromatic nitrogens is 3. The van der Waals surface area contributed by atoms with Crippen LogP contribution in [0.2, 0.25) is 0 Å². The van der Waals surface area contributed by atoms with E-state index in [2.05, 4.69) is 50.9 Å². The van der Waals surface area contributed by atoms with Gasteiger partial charge in [0.2, 0.25) is 11.8 Å². The summed E-state index contributed by atoms with van der Waals surface area (Å²) in [5.74, 6) is 0.0671. The van der Waals surface area contributed by atoms with Crippen molar-refractivity contribution in [3.8, 4) is 22.4 Å². The number of carbonyl (C=O) groups is 4. The van der Waals surface area contributed by atoms with Crippen molar-refractivity contribution in [1.82, 2.24) is 35.4 Å². The zero-order valence-corrected chi connectivity index (χ0v) is 36.7. The second-order valence-electron chi connectivity index (χ2n) is 17.8. The van der Waals surface area contributed by atoms with Gasteiger partial charge in [0.05, 0.1) is 42.7 Å². The zero-order valence-electron chi connectivity index (χ0n) is 36.7. The molecule has 4 atom stereocenters. The molecule has 4 N–H and O–H groups in total. The monoisotopic (exact) mass is 847 g/mol. The van der Waals surface area contributed by atoms with E-state index >= 15 is 0 Å². The number of imidazole rings is 1. The van der Waals surface area contributed by atoms with Crippen LogP contribution in [0.5, 0.6) is 0 Å². The van der Waals surface area contributed by atoms with Crippen LogP contribution >= 0.6 is 0 Å². The van der Waals surface area contributed by atoms with Crippen LogP contribution in [0.4, 0.5) is 9.59 Å². The zero-order chi connectivity index (χ0) is 44.5. The number of rotatable bonds is 11. The first-order chi connectivity index (χ1) is 29.5. The Morgan fingerprint density at radius 1 is 0.871 bits per heavy atom. The molecule has 328 valence electrons. The Bertz CT molecular complexity index is 2560. The summed E-state index contributed by atoms with van der Waals surface area (Å²) in [5.41, 5.74) is 3.38. The van der Waals surface area contributed by atoms with Gasteiger partial charge in [-0.2, -0.15) is 0 Å². The van der Waals surface area contributed by atoms with Gasteiger partial charge in [0, 0.05) is 42.9 Å². The van der Waals surface area contributed by atoms with Crippen LogP contribution < -0.4 is 16.1 Å². The lowest BCUT2D eigenvalue weighted by molar-refractivity contribution is -0.139. The average Bonchev–Trinajstić information content (AvgIpc) is 4.02. The highest BCUT2D eigenvalue weighted by Gasteiger charge is 2.46. The molecule has 7 rings (SSSR count). The summed E-state index contributed by atoms with van der Waals surface area (Å²) in [6.07, 6.45) is 3.37. The van der Waals surface area contributed by atoms with Crippen LogP contribution in [-0.2, 0) is 29.3 Å². The molecule has 15 heteroatoms. The van der Waals surface area contributed by atoms with Crippen molar-refractivity contribution >= 4 is 45.7 Å². The van der Waals surface area contributed by atoms with Gasteiger partial charge in [-0.3, -0.25) is 14.4 Å². The van der Waals surface area contributed by atoms with Crippen molar-refractivity contribution in [2.24, 2.45) is 5.92 Å². The van der Waals surface area contributed by atoms with E-state index in [4.69, 9.17) is 19.2 Å². The third kappa shape index (κ3) is 9.03. The van der Waals surface area contributed by atoms with Crippen molar-refractivity contribution in [1.29, 1.82) is 0 Å². The smallest absolute Gasteiger partial charge is 0.408 e. The molecule has 62 heavy (non-hydrogen) atoms. The van der Waals surface area contributed by atoms with Gasteiger partial charge < -0.3 is 44.6 Å². The minimum absolute atomic E-state index is 0.0311. The van der Waals surface area contributed by atoms with Gasteiger partial charge in [0.15, 0.2) is 5.43 Å². The maximum absolute atomic E-state index is 13.8. The number of ether oxygens (including phenoxy) is 3. The minimum Gasteiger partial charge on any atom is -0.453 e. The van der Waals surface area contributed by atoms with Crippen LogP contribution in [0.1, 0.15) is 84.8 Å². The Hall–Kier alpha value is -6.22. The lowest BCUT2D eigenvalue weighted by Crippen LogP contribution is -2.55. The molecule has 2 aliphatic rings. The summed E-state index contributed by atoms with van der Waals surface area (Å²) < 4.78 is 15.5. The average molecular weight is 848 g/mol. The normalized spacial score (nSPS) is 18.9. The van der Waals surface area contributed by atoms with Crippen molar-refractivity contribution in [2.45, 2.75) is 96.5 Å². The maximum Gasteiger partial charge on any atom is 0.408 e. The summed E-state index contributed by atoms with van der Waals surface area (Å²) in [4.78, 5) is 81.1. The fraction of sp³-hybridized carbons (Fsp3) is 0.447. The van der Waals surface area contributed by atoms with Gasteiger partial charge in [-0.05, 0) is 105 Å². The van der Waals surface area contributed by atoms with Gasteiger partial charge in [-0.15, -0.1) is 0 Å². The Labute approximate surface area is 360 Å². The molecule has 15 nitrogen and oxygen atoms in total. The van der Waals surface area contributed by atoms with E-state index in [1.807, 2.05) is 49.9 Å². The summed E-state index contributed by atoms with van der Waals surface area (Å²) >= 11 is 0. The number of carbonyl (C=O) groups excluding carboxylic acids is 4. The Balaban J connectivity index is 1.10. The number of fused-ring (bicyclic) bond motifs is 2. The molecule has 4 amide bonds. The summed E-state index contributed by atoms with van der Waals surface area (Å²) in [7, 11) is 2.75. The number of benzene rings is 3. The van der Waals surface area contributed by atoms with Crippen LogP contribution in [0.3, 0.4) is 0 Å². The van der Waals surface area contributed by atoms with E-state index in [1.54, 1.807) is 37.9 Å². The molecular formula is C47H57N7O8. The highest BCUT2D eigenvalue weighted by Crippen LogP contribution is 2.39. The van der Waals surface area contributed by atoms with Gasteiger partial charge in [0.1, 0.15) is 23.5 Å². The number of alkyl carbamates (subject to hydrolysis) is 2. The molecule has 5 aromatic rings. The number of H-pyrrole nitrogens is 2. The molecular weight excluding hydrogens is 791 g/mol. The highest BCUT2D eigenvalue weighted by atomic mass is 16.6. The number of pyridine rings is 1. The quantitative estimate of drug-likeness (QED) is 0.107. The van der Waals surface area contributed by atoms with Gasteiger partial charge in [-0.1, -0.05) is 44.2 Å². The fourth-order valence-electron chi connectivity index (χ4n) is 8.74. The first kappa shape index (κ1) is 43.9. The molecule has 0 radical (unpaired) electrons. The number of nitrogens with zero attached hydrogens (tertiary/aromatic N) is 3. The number of amides is 4. The van der Waals surface area contributed by atoms with Crippen molar-refractivity contribution in [3.05, 3.63) is 88.6 Å². The van der Waals surface area contributed by atoms with Crippen LogP contribution in [-0.4, -0.2) is 100 Å². The summed E-state index contributed by atoms with van der Waals surface area (Å²) in [6, 6.07) is 17.7. The lowest BCUT2D eigenvalue weighted by Gasteiger charge is -2.37. The SMILES string of the molecule is COCC(NC(=O)OC(C)(C)C)C(=O)N1CCCC1c1cc(=O)c2ccc(-c3ccc4cc(-c5cnc(C6(C)CCCN6C(=O)C(NC(=O)OC)C(C)C)[nH]5)ccc4c3)cc2[nH]1. The molecule has 2 fully saturated rings. The molecule has 0 bridgehead atoms. The van der Waals surface area contributed by atoms with Crippen molar-refractivity contribution < 1.29 is 33.4 Å². The number of aromatic amines is 2. The summed E-state index contributed by atoms with van der Waals surface area (Å²) in [5, 5.41) is 7.96. The van der Waals surface area contributed by atoms with E-state index in [-0.39, 0.29) is 35.8 Å². The molecule has 2 aliphatic heterocycles. The minimum atomic E-state index is -0.958. The third-order valence-corrected chi connectivity index (χ3v) is 11.9. The fourth-order valence-corrected chi connectivity index (χ4v) is 8.74. The molecule has 4 heterocycles. The highest BCUT2D eigenvalue weighted by molar-refractivity contribution is 5.92. The maximum atomic E-state index is 13.8. The number of likely N-dealkylation sites (tertiary alicyclic amines) is 2. The number of methoxy groups -OCH3 is 2. The molecule has 0 aliphatic carbocycles. The second-order valence-corrected chi connectivity index (χ2v) is 17.8. The van der Waals surface area contributed by atoms with Crippen LogP contribution in [0.15, 0.2) is 71.7 Å². The van der Waals surface area contributed by atoms with Gasteiger partial charge >= 0.3 is 12.2 Å². The first-order valence-corrected chi connectivity index (χ1v) is 21.2. The predicted molar refractivity (Wildman–Crippen MR) is 236 cm³/mol. The lowest BCUT2D eigenvalue weighted by atomic mass is 9.95. The Morgan fingerprint density at radius 2 is 1.56 bits per heavy atom. The number of nitrogens with one attached hydrogen (secondary N) is 4. The second kappa shape index (κ2) is 17.6. The number of hydrogen-bond donors (Lipinski definition) is 4. The molecule has 0 spiro atoms. The van der Waals surface area contributed by atoms with E-state index in [1.165, 1.54) is 14.2 Å². The number of hydrogen-bond acceptors (Lipinski definition) is 9. The van der Waals surface area contributed by atoms with Crippen molar-refractivity contribution in [3.63, 3.8) is 0 Å². The molecule has 0 saturated carbocycles. The third-order valence-electron chi connectivity index (χ3n) is 11.9. The molecule has 2 aromatic heterocycles. The van der Waals surface area contributed by atoms with E-state index in [0.717, 1.165) is 52.4 Å². The molecule has 4 unspecified atom stereocenters. The summed E-state index contributed by atoms with van der Waals surface area (Å²) in [6.45, 7) is 12.0. The van der Waals surface area contributed by atoms with Crippen molar-refractivity contribution in [2.75, 3.05) is 33.9 Å². The van der Waals surface area contributed by atoms with Gasteiger partial charge in [0.25, 0.3) is 0 Å². The largest absolute Gasteiger partial charge is 0.453 e. The van der Waals surface area contributed by atoms with E-state index in [9.17, 15) is 24.0 Å². The predicted octanol–water partition coefficient (Wildman–Crippen LogP) is 7.16. The van der Waals surface area contributed by atoms with Crippen LogP contribution in [0.25, 0.3) is 44.1 Å². The van der Waals surface area contributed by atoms with E-state index in [0.29, 0.717) is 41.9 Å².